The number of hydrogen-bond donors (Lipinski definition) is 2. The molecule has 0 aliphatic carbocycles. The maximum atomic E-state index is 12.4. The van der Waals surface area contributed by atoms with Gasteiger partial charge < -0.3 is 19.5 Å². The Kier molecular flexibility index (Phi) is 8.79. The maximum absolute atomic E-state index is 12.4. The SMILES string of the molecule is CCOCC/C(=N\NC(=O)CNC(=O)c1ccc(OC)c(OC)c1)c1csc2ccccc12. The first-order valence-electron chi connectivity index (χ1n) is 10.5. The zero-order valence-electron chi connectivity index (χ0n) is 18.8. The molecule has 0 unspecified atom stereocenters. The van der Waals surface area contributed by atoms with E-state index in [1.165, 1.54) is 14.2 Å². The molecule has 3 aromatic rings. The van der Waals surface area contributed by atoms with E-state index in [-0.39, 0.29) is 6.54 Å². The van der Waals surface area contributed by atoms with Crippen molar-refractivity contribution in [2.45, 2.75) is 13.3 Å². The van der Waals surface area contributed by atoms with Gasteiger partial charge in [0.15, 0.2) is 11.5 Å². The number of methoxy groups -OCH3 is 2. The lowest BCUT2D eigenvalue weighted by Gasteiger charge is -2.10. The fourth-order valence-electron chi connectivity index (χ4n) is 3.17. The fourth-order valence-corrected chi connectivity index (χ4v) is 4.14. The molecular formula is C24H27N3O5S. The molecule has 1 aromatic heterocycles. The lowest BCUT2D eigenvalue weighted by Crippen LogP contribution is -2.35. The molecule has 0 aliphatic rings. The number of nitrogens with one attached hydrogen (secondary N) is 2. The highest BCUT2D eigenvalue weighted by atomic mass is 32.1. The zero-order valence-corrected chi connectivity index (χ0v) is 19.7. The number of fused-ring (bicyclic) bond motifs is 1. The smallest absolute Gasteiger partial charge is 0.259 e. The van der Waals surface area contributed by atoms with Crippen LogP contribution in [0.1, 0.15) is 29.3 Å². The maximum Gasteiger partial charge on any atom is 0.259 e. The summed E-state index contributed by atoms with van der Waals surface area (Å²) in [6, 6.07) is 12.8. The molecule has 0 saturated heterocycles. The Bertz CT molecular complexity index is 1140. The van der Waals surface area contributed by atoms with Crippen molar-refractivity contribution in [3.05, 3.63) is 59.0 Å². The molecule has 0 atom stereocenters. The minimum atomic E-state index is -0.433. The Hall–Kier alpha value is -3.43. The van der Waals surface area contributed by atoms with Crippen LogP contribution in [0.5, 0.6) is 11.5 Å². The Balaban J connectivity index is 1.65. The van der Waals surface area contributed by atoms with Crippen LogP contribution in [-0.2, 0) is 9.53 Å². The number of nitrogens with zero attached hydrogens (tertiary/aromatic N) is 1. The molecule has 0 saturated carbocycles. The number of amides is 2. The average molecular weight is 470 g/mol. The van der Waals surface area contributed by atoms with Gasteiger partial charge in [0.2, 0.25) is 0 Å². The van der Waals surface area contributed by atoms with Gasteiger partial charge in [-0.05, 0) is 31.2 Å². The number of carbonyl (C=O) groups excluding carboxylic acids is 2. The predicted octanol–water partition coefficient (Wildman–Crippen LogP) is 3.60. The van der Waals surface area contributed by atoms with Crippen molar-refractivity contribution in [1.29, 1.82) is 0 Å². The zero-order chi connectivity index (χ0) is 23.6. The highest BCUT2D eigenvalue weighted by Gasteiger charge is 2.14. The topological polar surface area (TPSA) is 98.2 Å². The third-order valence-corrected chi connectivity index (χ3v) is 5.81. The molecule has 0 radical (unpaired) electrons. The first kappa shape index (κ1) is 24.2. The fraction of sp³-hybridized carbons (Fsp3) is 0.292. The monoisotopic (exact) mass is 469 g/mol. The molecule has 0 aliphatic heterocycles. The number of benzene rings is 2. The summed E-state index contributed by atoms with van der Waals surface area (Å²) < 4.78 is 17.0. The van der Waals surface area contributed by atoms with Crippen LogP contribution in [0.25, 0.3) is 10.1 Å². The Morgan fingerprint density at radius 2 is 1.85 bits per heavy atom. The Morgan fingerprint density at radius 1 is 1.06 bits per heavy atom. The largest absolute Gasteiger partial charge is 0.493 e. The molecule has 9 heteroatoms. The summed E-state index contributed by atoms with van der Waals surface area (Å²) in [6.07, 6.45) is 0.548. The Labute approximate surface area is 196 Å². The second-order valence-electron chi connectivity index (χ2n) is 6.94. The van der Waals surface area contributed by atoms with Crippen LogP contribution < -0.4 is 20.2 Å². The summed E-state index contributed by atoms with van der Waals surface area (Å²) in [7, 11) is 3.01. The van der Waals surface area contributed by atoms with E-state index in [1.807, 2.05) is 36.6 Å². The standard InChI is InChI=1S/C24H27N3O5S/c1-4-32-12-11-19(18-15-33-22-8-6-5-7-17(18)22)26-27-23(28)14-25-24(29)16-9-10-20(30-2)21(13-16)31-3/h5-10,13,15H,4,11-12,14H2,1-3H3,(H,25,29)(H,27,28)/b26-19+. The van der Waals surface area contributed by atoms with E-state index < -0.39 is 11.8 Å². The number of hydrazone groups is 1. The molecule has 2 amide bonds. The molecule has 8 nitrogen and oxygen atoms in total. The van der Waals surface area contributed by atoms with Gasteiger partial charge in [-0.25, -0.2) is 5.43 Å². The minimum Gasteiger partial charge on any atom is -0.493 e. The van der Waals surface area contributed by atoms with Gasteiger partial charge >= 0.3 is 0 Å². The first-order chi connectivity index (χ1) is 16.1. The molecular weight excluding hydrogens is 442 g/mol. The van der Waals surface area contributed by atoms with Crippen LogP contribution in [0.3, 0.4) is 0 Å². The normalized spacial score (nSPS) is 11.3. The van der Waals surface area contributed by atoms with Gasteiger partial charge in [-0.3, -0.25) is 9.59 Å². The van der Waals surface area contributed by atoms with E-state index in [0.29, 0.717) is 36.7 Å². The van der Waals surface area contributed by atoms with Crippen LogP contribution in [0.4, 0.5) is 0 Å². The molecule has 0 fully saturated rings. The first-order valence-corrected chi connectivity index (χ1v) is 11.3. The number of hydrogen-bond acceptors (Lipinski definition) is 7. The highest BCUT2D eigenvalue weighted by Crippen LogP contribution is 2.28. The van der Waals surface area contributed by atoms with Crippen molar-refractivity contribution >= 4 is 38.9 Å². The summed E-state index contributed by atoms with van der Waals surface area (Å²) in [5.74, 6) is 0.107. The molecule has 1 heterocycles. The molecule has 0 bridgehead atoms. The third-order valence-electron chi connectivity index (χ3n) is 4.85. The van der Waals surface area contributed by atoms with Crippen molar-refractivity contribution in [1.82, 2.24) is 10.7 Å². The number of carbonyl (C=O) groups is 2. The predicted molar refractivity (Wildman–Crippen MR) is 129 cm³/mol. The summed E-state index contributed by atoms with van der Waals surface area (Å²) in [5.41, 5.74) is 4.59. The van der Waals surface area contributed by atoms with Crippen molar-refractivity contribution in [3.63, 3.8) is 0 Å². The van der Waals surface area contributed by atoms with Crippen molar-refractivity contribution in [2.24, 2.45) is 5.10 Å². The summed E-state index contributed by atoms with van der Waals surface area (Å²) in [4.78, 5) is 24.8. The number of thiophene rings is 1. The van der Waals surface area contributed by atoms with E-state index in [0.717, 1.165) is 21.4 Å². The Morgan fingerprint density at radius 3 is 2.61 bits per heavy atom. The van der Waals surface area contributed by atoms with Gasteiger partial charge in [-0.15, -0.1) is 11.3 Å². The average Bonchev–Trinajstić information content (AvgIpc) is 3.28. The van der Waals surface area contributed by atoms with Crippen LogP contribution in [0.15, 0.2) is 52.9 Å². The van der Waals surface area contributed by atoms with Crippen LogP contribution >= 0.6 is 11.3 Å². The van der Waals surface area contributed by atoms with Crippen molar-refractivity contribution < 1.29 is 23.8 Å². The molecule has 2 aromatic carbocycles. The van der Waals surface area contributed by atoms with Gasteiger partial charge in [0.05, 0.1) is 33.1 Å². The molecule has 2 N–H and O–H groups in total. The van der Waals surface area contributed by atoms with Crippen LogP contribution in [0.2, 0.25) is 0 Å². The van der Waals surface area contributed by atoms with Gasteiger partial charge in [0, 0.05) is 39.6 Å². The minimum absolute atomic E-state index is 0.222. The van der Waals surface area contributed by atoms with Gasteiger partial charge in [0.25, 0.3) is 11.8 Å². The second-order valence-corrected chi connectivity index (χ2v) is 7.85. The number of ether oxygens (including phenoxy) is 3. The van der Waals surface area contributed by atoms with Gasteiger partial charge in [-0.1, -0.05) is 18.2 Å². The molecule has 174 valence electrons. The lowest BCUT2D eigenvalue weighted by molar-refractivity contribution is -0.120. The van der Waals surface area contributed by atoms with Gasteiger partial charge in [0.1, 0.15) is 0 Å². The van der Waals surface area contributed by atoms with E-state index in [4.69, 9.17) is 14.2 Å². The highest BCUT2D eigenvalue weighted by molar-refractivity contribution is 7.17. The van der Waals surface area contributed by atoms with Crippen molar-refractivity contribution in [3.8, 4) is 11.5 Å². The molecule has 33 heavy (non-hydrogen) atoms. The number of rotatable bonds is 11. The quantitative estimate of drug-likeness (QED) is 0.254. The van der Waals surface area contributed by atoms with E-state index >= 15 is 0 Å². The van der Waals surface area contributed by atoms with Crippen LogP contribution in [-0.4, -0.2) is 51.5 Å². The van der Waals surface area contributed by atoms with Gasteiger partial charge in [-0.2, -0.15) is 5.10 Å². The van der Waals surface area contributed by atoms with Crippen molar-refractivity contribution in [2.75, 3.05) is 34.0 Å². The lowest BCUT2D eigenvalue weighted by atomic mass is 10.1. The van der Waals surface area contributed by atoms with E-state index in [9.17, 15) is 9.59 Å². The summed E-state index contributed by atoms with van der Waals surface area (Å²) in [5, 5.41) is 10.0. The molecule has 0 spiro atoms. The van der Waals surface area contributed by atoms with E-state index in [1.54, 1.807) is 29.5 Å². The van der Waals surface area contributed by atoms with E-state index in [2.05, 4.69) is 15.8 Å². The van der Waals surface area contributed by atoms with Crippen LogP contribution in [0, 0.1) is 0 Å². The second kappa shape index (κ2) is 12.0. The molecule has 3 rings (SSSR count). The third kappa shape index (κ3) is 6.30. The summed E-state index contributed by atoms with van der Waals surface area (Å²) >= 11 is 1.62. The summed E-state index contributed by atoms with van der Waals surface area (Å²) in [6.45, 7) is 2.80.